The zero-order valence-corrected chi connectivity index (χ0v) is 13.9. The molecule has 1 fully saturated rings. The lowest BCUT2D eigenvalue weighted by atomic mass is 10.1. The van der Waals surface area contributed by atoms with Gasteiger partial charge >= 0.3 is 0 Å². The third kappa shape index (κ3) is 4.97. The van der Waals surface area contributed by atoms with E-state index in [1.807, 2.05) is 0 Å². The normalized spacial score (nSPS) is 16.4. The highest BCUT2D eigenvalue weighted by Crippen LogP contribution is 2.21. The molecule has 0 radical (unpaired) electrons. The molecule has 1 aliphatic heterocycles. The van der Waals surface area contributed by atoms with E-state index in [1.54, 1.807) is 0 Å². The summed E-state index contributed by atoms with van der Waals surface area (Å²) in [4.78, 5) is 7.03. The lowest BCUT2D eigenvalue weighted by Gasteiger charge is -2.32. The van der Waals surface area contributed by atoms with Crippen LogP contribution in [0.3, 0.4) is 0 Å². The van der Waals surface area contributed by atoms with Crippen LogP contribution in [0.5, 0.6) is 0 Å². The molecule has 2 heterocycles. The van der Waals surface area contributed by atoms with Crippen molar-refractivity contribution in [3.63, 3.8) is 0 Å². The highest BCUT2D eigenvalue weighted by atomic mass is 16.5. The summed E-state index contributed by atoms with van der Waals surface area (Å²) >= 11 is 0. The molecule has 118 valence electrons. The molecule has 1 aliphatic rings. The topological polar surface area (TPSA) is 37.4 Å². The van der Waals surface area contributed by atoms with Gasteiger partial charge in [0.1, 0.15) is 5.82 Å². The number of hydrogen-bond donors (Lipinski definition) is 1. The van der Waals surface area contributed by atoms with Gasteiger partial charge in [-0.25, -0.2) is 4.98 Å². The minimum Gasteiger partial charge on any atom is -0.381 e. The number of nitrogens with one attached hydrogen (secondary N) is 1. The summed E-state index contributed by atoms with van der Waals surface area (Å²) in [6.45, 7) is 10.2. The molecular weight excluding hydrogens is 262 g/mol. The Morgan fingerprint density at radius 2 is 2.05 bits per heavy atom. The maximum Gasteiger partial charge on any atom is 0.129 e. The molecule has 1 N–H and O–H groups in total. The predicted molar refractivity (Wildman–Crippen MR) is 87.8 cm³/mol. The zero-order valence-electron chi connectivity index (χ0n) is 13.9. The van der Waals surface area contributed by atoms with Crippen molar-refractivity contribution in [3.8, 4) is 0 Å². The van der Waals surface area contributed by atoms with E-state index in [4.69, 9.17) is 9.72 Å². The van der Waals surface area contributed by atoms with Gasteiger partial charge in [-0.05, 0) is 49.9 Å². The lowest BCUT2D eigenvalue weighted by Crippen LogP contribution is -2.37. The van der Waals surface area contributed by atoms with Crippen LogP contribution in [-0.2, 0) is 11.3 Å². The molecule has 4 nitrogen and oxygen atoms in total. The second-order valence-corrected chi connectivity index (χ2v) is 6.45. The van der Waals surface area contributed by atoms with Gasteiger partial charge in [0.05, 0.1) is 0 Å². The van der Waals surface area contributed by atoms with Crippen molar-refractivity contribution >= 4 is 5.82 Å². The largest absolute Gasteiger partial charge is 0.381 e. The summed E-state index contributed by atoms with van der Waals surface area (Å²) in [5.74, 6) is 1.76. The average molecular weight is 291 g/mol. The first-order valence-corrected chi connectivity index (χ1v) is 8.05. The van der Waals surface area contributed by atoms with Crippen molar-refractivity contribution in [1.29, 1.82) is 0 Å². The number of anilines is 1. The van der Waals surface area contributed by atoms with Crippen LogP contribution >= 0.6 is 0 Å². The highest BCUT2D eigenvalue weighted by Gasteiger charge is 2.20. The predicted octanol–water partition coefficient (Wildman–Crippen LogP) is 2.75. The van der Waals surface area contributed by atoms with E-state index in [0.29, 0.717) is 12.0 Å². The molecule has 21 heavy (non-hydrogen) atoms. The summed E-state index contributed by atoms with van der Waals surface area (Å²) in [7, 11) is 2.16. The van der Waals surface area contributed by atoms with Crippen molar-refractivity contribution in [2.45, 2.75) is 46.2 Å². The molecular formula is C17H29N3O. The number of hydrogen-bond acceptors (Lipinski definition) is 4. The minimum absolute atomic E-state index is 0.546. The van der Waals surface area contributed by atoms with Crippen LogP contribution in [0.4, 0.5) is 5.82 Å². The van der Waals surface area contributed by atoms with Crippen LogP contribution in [0.1, 0.15) is 37.9 Å². The molecule has 0 aliphatic carbocycles. The van der Waals surface area contributed by atoms with Gasteiger partial charge in [0.15, 0.2) is 0 Å². The molecule has 4 heteroatoms. The van der Waals surface area contributed by atoms with E-state index in [0.717, 1.165) is 50.7 Å². The molecule has 0 atom stereocenters. The molecule has 0 bridgehead atoms. The molecule has 1 aromatic rings. The number of pyridine rings is 1. The Kier molecular flexibility index (Phi) is 6.00. The van der Waals surface area contributed by atoms with Gasteiger partial charge in [0.2, 0.25) is 0 Å². The van der Waals surface area contributed by atoms with E-state index in [2.05, 4.69) is 50.2 Å². The molecule has 0 aromatic carbocycles. The summed E-state index contributed by atoms with van der Waals surface area (Å²) < 4.78 is 5.45. The molecule has 0 saturated carbocycles. The smallest absolute Gasteiger partial charge is 0.129 e. The second-order valence-electron chi connectivity index (χ2n) is 6.45. The fourth-order valence-corrected chi connectivity index (χ4v) is 2.77. The summed E-state index contributed by atoms with van der Waals surface area (Å²) in [5.41, 5.74) is 2.41. The molecule has 0 unspecified atom stereocenters. The Labute approximate surface area is 128 Å². The van der Waals surface area contributed by atoms with Gasteiger partial charge in [-0.15, -0.1) is 0 Å². The number of aryl methyl sites for hydroxylation is 1. The molecule has 2 rings (SSSR count). The standard InChI is InChI=1S/C17H29N3O/c1-13(2)11-18-12-15-9-14(3)19-17(10-15)20(4)16-5-7-21-8-6-16/h9-10,13,16,18H,5-8,11-12H2,1-4H3. The highest BCUT2D eigenvalue weighted by molar-refractivity contribution is 5.43. The Morgan fingerprint density at radius 1 is 1.33 bits per heavy atom. The summed E-state index contributed by atoms with van der Waals surface area (Å²) in [6.07, 6.45) is 2.18. The first-order chi connectivity index (χ1) is 10.1. The summed E-state index contributed by atoms with van der Waals surface area (Å²) in [6, 6.07) is 4.94. The zero-order chi connectivity index (χ0) is 15.2. The van der Waals surface area contributed by atoms with Gasteiger partial charge in [0.25, 0.3) is 0 Å². The van der Waals surface area contributed by atoms with Gasteiger partial charge in [-0.2, -0.15) is 0 Å². The van der Waals surface area contributed by atoms with E-state index < -0.39 is 0 Å². The minimum atomic E-state index is 0.546. The Morgan fingerprint density at radius 3 is 2.71 bits per heavy atom. The van der Waals surface area contributed by atoms with Crippen LogP contribution in [-0.4, -0.2) is 37.8 Å². The van der Waals surface area contributed by atoms with Crippen LogP contribution in [0.15, 0.2) is 12.1 Å². The lowest BCUT2D eigenvalue weighted by molar-refractivity contribution is 0.0853. The van der Waals surface area contributed by atoms with Gasteiger partial charge in [-0.1, -0.05) is 13.8 Å². The fourth-order valence-electron chi connectivity index (χ4n) is 2.77. The quantitative estimate of drug-likeness (QED) is 0.874. The average Bonchev–Trinajstić information content (AvgIpc) is 2.46. The molecule has 1 saturated heterocycles. The number of ether oxygens (including phenoxy) is 1. The second kappa shape index (κ2) is 7.76. The van der Waals surface area contributed by atoms with E-state index in [9.17, 15) is 0 Å². The maximum absolute atomic E-state index is 5.45. The monoisotopic (exact) mass is 291 g/mol. The van der Waals surface area contributed by atoms with Crippen molar-refractivity contribution < 1.29 is 4.74 Å². The van der Waals surface area contributed by atoms with Gasteiger partial charge < -0.3 is 15.0 Å². The Bertz CT molecular complexity index is 442. The molecule has 0 amide bonds. The number of rotatable bonds is 6. The SMILES string of the molecule is Cc1cc(CNCC(C)C)cc(N(C)C2CCOCC2)n1. The van der Waals surface area contributed by atoms with Crippen molar-refractivity contribution in [1.82, 2.24) is 10.3 Å². The maximum atomic E-state index is 5.45. The van der Waals surface area contributed by atoms with Gasteiger partial charge in [0, 0.05) is 38.5 Å². The van der Waals surface area contributed by atoms with Crippen LogP contribution in [0.25, 0.3) is 0 Å². The van der Waals surface area contributed by atoms with E-state index in [1.165, 1.54) is 5.56 Å². The van der Waals surface area contributed by atoms with Crippen molar-refractivity contribution in [3.05, 3.63) is 23.4 Å². The summed E-state index contributed by atoms with van der Waals surface area (Å²) in [5, 5.41) is 3.51. The molecule has 1 aromatic heterocycles. The van der Waals surface area contributed by atoms with Crippen LogP contribution < -0.4 is 10.2 Å². The third-order valence-corrected chi connectivity index (χ3v) is 3.98. The Balaban J connectivity index is 2.03. The fraction of sp³-hybridized carbons (Fsp3) is 0.706. The Hall–Kier alpha value is -1.13. The van der Waals surface area contributed by atoms with Gasteiger partial charge in [-0.3, -0.25) is 0 Å². The first-order valence-electron chi connectivity index (χ1n) is 8.05. The van der Waals surface area contributed by atoms with Crippen molar-refractivity contribution in [2.75, 3.05) is 31.7 Å². The van der Waals surface area contributed by atoms with Crippen molar-refractivity contribution in [2.24, 2.45) is 5.92 Å². The first kappa shape index (κ1) is 16.2. The van der Waals surface area contributed by atoms with Crippen LogP contribution in [0, 0.1) is 12.8 Å². The molecule has 0 spiro atoms. The number of nitrogens with zero attached hydrogens (tertiary/aromatic N) is 2. The van der Waals surface area contributed by atoms with E-state index in [-0.39, 0.29) is 0 Å². The third-order valence-electron chi connectivity index (χ3n) is 3.98. The van der Waals surface area contributed by atoms with E-state index >= 15 is 0 Å². The number of aromatic nitrogens is 1. The van der Waals surface area contributed by atoms with Crippen LogP contribution in [0.2, 0.25) is 0 Å².